The highest BCUT2D eigenvalue weighted by Crippen LogP contribution is 2.28. The molecular formula is C23H25NO4. The molecule has 1 heterocycles. The van der Waals surface area contributed by atoms with Crippen LogP contribution >= 0.6 is 0 Å². The first-order chi connectivity index (χ1) is 13.6. The van der Waals surface area contributed by atoms with Crippen molar-refractivity contribution >= 4 is 5.91 Å². The lowest BCUT2D eigenvalue weighted by molar-refractivity contribution is -0.130. The van der Waals surface area contributed by atoms with Crippen LogP contribution in [-0.2, 0) is 17.8 Å². The van der Waals surface area contributed by atoms with Crippen molar-refractivity contribution in [2.45, 2.75) is 19.4 Å². The third kappa shape index (κ3) is 4.74. The van der Waals surface area contributed by atoms with Crippen molar-refractivity contribution in [3.05, 3.63) is 72.0 Å². The Morgan fingerprint density at radius 3 is 2.43 bits per heavy atom. The lowest BCUT2D eigenvalue weighted by atomic mass is 10.1. The molecule has 0 saturated carbocycles. The molecule has 1 amide bonds. The van der Waals surface area contributed by atoms with Crippen molar-refractivity contribution in [3.8, 4) is 22.8 Å². The number of carbonyl (C=O) groups excluding carboxylic acids is 1. The normalized spacial score (nSPS) is 10.5. The standard InChI is InChI=1S/C23H25NO4/c1-24(16-17-9-12-21(26-2)22(15-17)27-3)23(25)14-11-19-10-13-20(28-19)18-7-5-4-6-8-18/h4-10,12-13,15H,11,14,16H2,1-3H3. The second kappa shape index (κ2) is 9.13. The van der Waals surface area contributed by atoms with E-state index in [9.17, 15) is 4.79 Å². The van der Waals surface area contributed by atoms with Crippen LogP contribution in [0.5, 0.6) is 11.5 Å². The summed E-state index contributed by atoms with van der Waals surface area (Å²) < 4.78 is 16.4. The molecule has 0 fully saturated rings. The third-order valence-electron chi connectivity index (χ3n) is 4.60. The Hall–Kier alpha value is -3.21. The number of amides is 1. The van der Waals surface area contributed by atoms with Crippen LogP contribution in [0.4, 0.5) is 0 Å². The van der Waals surface area contributed by atoms with Gasteiger partial charge in [0.05, 0.1) is 14.2 Å². The first-order valence-corrected chi connectivity index (χ1v) is 9.19. The number of benzene rings is 2. The first kappa shape index (κ1) is 19.5. The van der Waals surface area contributed by atoms with Crippen LogP contribution in [0, 0.1) is 0 Å². The summed E-state index contributed by atoms with van der Waals surface area (Å²) >= 11 is 0. The number of methoxy groups -OCH3 is 2. The van der Waals surface area contributed by atoms with E-state index in [-0.39, 0.29) is 5.91 Å². The highest BCUT2D eigenvalue weighted by atomic mass is 16.5. The lowest BCUT2D eigenvalue weighted by Crippen LogP contribution is -2.26. The second-order valence-corrected chi connectivity index (χ2v) is 6.57. The molecule has 0 aliphatic carbocycles. The molecule has 3 rings (SSSR count). The van der Waals surface area contributed by atoms with Gasteiger partial charge in [-0.2, -0.15) is 0 Å². The molecule has 2 aromatic carbocycles. The van der Waals surface area contributed by atoms with E-state index in [1.54, 1.807) is 26.2 Å². The molecule has 3 aromatic rings. The predicted octanol–water partition coefficient (Wildman–Crippen LogP) is 4.56. The van der Waals surface area contributed by atoms with Crippen molar-refractivity contribution in [1.82, 2.24) is 4.90 Å². The lowest BCUT2D eigenvalue weighted by Gasteiger charge is -2.18. The molecule has 5 heteroatoms. The topological polar surface area (TPSA) is 51.9 Å². The van der Waals surface area contributed by atoms with Crippen LogP contribution in [0.2, 0.25) is 0 Å². The number of furan rings is 1. The third-order valence-corrected chi connectivity index (χ3v) is 4.60. The minimum atomic E-state index is 0.0625. The maximum atomic E-state index is 12.5. The zero-order valence-electron chi connectivity index (χ0n) is 16.5. The number of hydrogen-bond acceptors (Lipinski definition) is 4. The number of carbonyl (C=O) groups is 1. The molecule has 0 aliphatic heterocycles. The van der Waals surface area contributed by atoms with Gasteiger partial charge in [0, 0.05) is 32.0 Å². The summed E-state index contributed by atoms with van der Waals surface area (Å²) in [5, 5.41) is 0. The smallest absolute Gasteiger partial charge is 0.223 e. The van der Waals surface area contributed by atoms with Crippen LogP contribution in [0.15, 0.2) is 65.1 Å². The second-order valence-electron chi connectivity index (χ2n) is 6.57. The number of nitrogens with zero attached hydrogens (tertiary/aromatic N) is 1. The molecule has 146 valence electrons. The maximum Gasteiger partial charge on any atom is 0.223 e. The van der Waals surface area contributed by atoms with E-state index in [2.05, 4.69) is 0 Å². The molecule has 0 saturated heterocycles. The van der Waals surface area contributed by atoms with Gasteiger partial charge in [-0.15, -0.1) is 0 Å². The van der Waals surface area contributed by atoms with Crippen molar-refractivity contribution in [2.75, 3.05) is 21.3 Å². The van der Waals surface area contributed by atoms with Gasteiger partial charge in [0.25, 0.3) is 0 Å². The van der Waals surface area contributed by atoms with Crippen molar-refractivity contribution < 1.29 is 18.7 Å². The number of rotatable bonds is 8. The number of aryl methyl sites for hydroxylation is 1. The van der Waals surface area contributed by atoms with Crippen LogP contribution < -0.4 is 9.47 Å². The van der Waals surface area contributed by atoms with Gasteiger partial charge in [0.1, 0.15) is 11.5 Å². The van der Waals surface area contributed by atoms with Gasteiger partial charge in [0.15, 0.2) is 11.5 Å². The Morgan fingerprint density at radius 2 is 1.71 bits per heavy atom. The highest BCUT2D eigenvalue weighted by molar-refractivity contribution is 5.76. The minimum absolute atomic E-state index is 0.0625. The van der Waals surface area contributed by atoms with Gasteiger partial charge in [-0.05, 0) is 29.8 Å². The predicted molar refractivity (Wildman–Crippen MR) is 108 cm³/mol. The quantitative estimate of drug-likeness (QED) is 0.576. The fraction of sp³-hybridized carbons (Fsp3) is 0.261. The van der Waals surface area contributed by atoms with Crippen LogP contribution in [0.25, 0.3) is 11.3 Å². The van der Waals surface area contributed by atoms with Gasteiger partial charge in [0.2, 0.25) is 5.91 Å². The van der Waals surface area contributed by atoms with Crippen LogP contribution in [0.3, 0.4) is 0 Å². The molecule has 0 N–H and O–H groups in total. The van der Waals surface area contributed by atoms with Gasteiger partial charge in [-0.1, -0.05) is 36.4 Å². The van der Waals surface area contributed by atoms with E-state index in [0.29, 0.717) is 30.9 Å². The summed E-state index contributed by atoms with van der Waals surface area (Å²) in [6.45, 7) is 0.507. The van der Waals surface area contributed by atoms with Gasteiger partial charge in [-0.25, -0.2) is 0 Å². The van der Waals surface area contributed by atoms with Crippen LogP contribution in [0.1, 0.15) is 17.7 Å². The van der Waals surface area contributed by atoms with E-state index < -0.39 is 0 Å². The largest absolute Gasteiger partial charge is 0.493 e. The monoisotopic (exact) mass is 379 g/mol. The molecule has 0 atom stereocenters. The Kier molecular flexibility index (Phi) is 6.37. The molecule has 0 aliphatic rings. The van der Waals surface area contributed by atoms with Gasteiger partial charge in [-0.3, -0.25) is 4.79 Å². The molecule has 1 aromatic heterocycles. The average Bonchev–Trinajstić information content (AvgIpc) is 3.21. The fourth-order valence-corrected chi connectivity index (χ4v) is 3.03. The summed E-state index contributed by atoms with van der Waals surface area (Å²) in [6, 6.07) is 19.5. The van der Waals surface area contributed by atoms with E-state index in [4.69, 9.17) is 13.9 Å². The zero-order chi connectivity index (χ0) is 19.9. The van der Waals surface area contributed by atoms with Gasteiger partial charge >= 0.3 is 0 Å². The SMILES string of the molecule is COc1ccc(CN(C)C(=O)CCc2ccc(-c3ccccc3)o2)cc1OC. The molecule has 0 bridgehead atoms. The summed E-state index contributed by atoms with van der Waals surface area (Å²) in [6.07, 6.45) is 0.966. The summed E-state index contributed by atoms with van der Waals surface area (Å²) in [5.41, 5.74) is 2.02. The molecular weight excluding hydrogens is 354 g/mol. The van der Waals surface area contributed by atoms with E-state index in [1.807, 2.05) is 60.7 Å². The van der Waals surface area contributed by atoms with Crippen molar-refractivity contribution in [3.63, 3.8) is 0 Å². The summed E-state index contributed by atoms with van der Waals surface area (Å²) in [4.78, 5) is 14.2. The number of ether oxygens (including phenoxy) is 2. The van der Waals surface area contributed by atoms with Gasteiger partial charge < -0.3 is 18.8 Å². The van der Waals surface area contributed by atoms with E-state index in [0.717, 1.165) is 22.6 Å². The molecule has 28 heavy (non-hydrogen) atoms. The number of hydrogen-bond donors (Lipinski definition) is 0. The minimum Gasteiger partial charge on any atom is -0.493 e. The van der Waals surface area contributed by atoms with Crippen molar-refractivity contribution in [2.24, 2.45) is 0 Å². The molecule has 5 nitrogen and oxygen atoms in total. The Balaban J connectivity index is 1.56. The Labute approximate surface area is 165 Å². The average molecular weight is 379 g/mol. The summed E-state index contributed by atoms with van der Waals surface area (Å²) in [5.74, 6) is 3.03. The summed E-state index contributed by atoms with van der Waals surface area (Å²) in [7, 11) is 5.01. The fourth-order valence-electron chi connectivity index (χ4n) is 3.03. The van der Waals surface area contributed by atoms with E-state index >= 15 is 0 Å². The Bertz CT molecular complexity index is 917. The zero-order valence-corrected chi connectivity index (χ0v) is 16.5. The highest BCUT2D eigenvalue weighted by Gasteiger charge is 2.13. The maximum absolute atomic E-state index is 12.5. The Morgan fingerprint density at radius 1 is 0.964 bits per heavy atom. The molecule has 0 radical (unpaired) electrons. The van der Waals surface area contributed by atoms with Crippen molar-refractivity contribution in [1.29, 1.82) is 0 Å². The van der Waals surface area contributed by atoms with Crippen LogP contribution in [-0.4, -0.2) is 32.1 Å². The van der Waals surface area contributed by atoms with E-state index in [1.165, 1.54) is 0 Å². The molecule has 0 unspecified atom stereocenters. The first-order valence-electron chi connectivity index (χ1n) is 9.19. The molecule has 0 spiro atoms.